The van der Waals surface area contributed by atoms with Crippen LogP contribution in [0.2, 0.25) is 0 Å². The van der Waals surface area contributed by atoms with E-state index < -0.39 is 17.8 Å². The van der Waals surface area contributed by atoms with Crippen LogP contribution in [0.5, 0.6) is 0 Å². The summed E-state index contributed by atoms with van der Waals surface area (Å²) in [6.45, 7) is 2.51. The fraction of sp³-hybridized carbons (Fsp3) is 0.438. The van der Waals surface area contributed by atoms with Crippen LogP contribution in [0.15, 0.2) is 34.9 Å². The molecule has 3 rings (SSSR count). The molecule has 0 saturated carbocycles. The predicted molar refractivity (Wildman–Crippen MR) is 76.5 cm³/mol. The molecule has 2 atom stereocenters. The molecule has 1 saturated heterocycles. The summed E-state index contributed by atoms with van der Waals surface area (Å²) in [5.74, 6) is 1.17. The molecule has 1 aromatic carbocycles. The molecule has 1 aromatic heterocycles. The normalized spacial score (nSPS) is 22.7. The molecule has 1 aliphatic rings. The number of aryl methyl sites for hydroxylation is 1. The second-order valence-electron chi connectivity index (χ2n) is 5.82. The summed E-state index contributed by atoms with van der Waals surface area (Å²) in [5, 5.41) is 9.93. The molecule has 7 heteroatoms. The first-order chi connectivity index (χ1) is 10.8. The van der Waals surface area contributed by atoms with Crippen molar-refractivity contribution in [2.45, 2.75) is 38.2 Å². The maximum absolute atomic E-state index is 12.9. The van der Waals surface area contributed by atoms with E-state index in [4.69, 9.17) is 4.42 Å². The van der Waals surface area contributed by atoms with E-state index in [0.717, 1.165) is 12.1 Å². The Hall–Kier alpha value is -1.86. The minimum atomic E-state index is -4.38. The number of benzene rings is 1. The minimum absolute atomic E-state index is 0.292. The molecule has 0 unspecified atom stereocenters. The summed E-state index contributed by atoms with van der Waals surface area (Å²) in [7, 11) is 0. The van der Waals surface area contributed by atoms with Crippen LogP contribution in [0.25, 0.3) is 0 Å². The van der Waals surface area contributed by atoms with Gasteiger partial charge in [-0.3, -0.25) is 4.90 Å². The first kappa shape index (κ1) is 16.0. The number of halogens is 3. The highest BCUT2D eigenvalue weighted by molar-refractivity contribution is 5.29. The average molecular weight is 326 g/mol. The summed E-state index contributed by atoms with van der Waals surface area (Å²) < 4.78 is 44.1. The average Bonchev–Trinajstić information content (AvgIpc) is 3.04. The molecular formula is C16H17F3N2O2. The number of oxazole rings is 1. The van der Waals surface area contributed by atoms with Crippen molar-refractivity contribution in [2.24, 2.45) is 0 Å². The summed E-state index contributed by atoms with van der Waals surface area (Å²) >= 11 is 0. The third kappa shape index (κ3) is 3.56. The summed E-state index contributed by atoms with van der Waals surface area (Å²) in [6, 6.07) is 4.97. The van der Waals surface area contributed by atoms with E-state index in [1.165, 1.54) is 6.07 Å². The van der Waals surface area contributed by atoms with Gasteiger partial charge in [0.1, 0.15) is 5.76 Å². The first-order valence-electron chi connectivity index (χ1n) is 7.33. The molecule has 0 aliphatic carbocycles. The fourth-order valence-electron chi connectivity index (χ4n) is 2.97. The summed E-state index contributed by atoms with van der Waals surface area (Å²) in [4.78, 5) is 6.01. The van der Waals surface area contributed by atoms with Crippen LogP contribution in [0, 0.1) is 6.92 Å². The Labute approximate surface area is 131 Å². The van der Waals surface area contributed by atoms with Gasteiger partial charge in [-0.25, -0.2) is 4.98 Å². The standard InChI is InChI=1S/C16H17F3N2O2/c1-10-7-20-15(23-10)9-21-8-13(22)6-14(21)11-3-2-4-12(5-11)16(17,18)19/h2-5,7,13-14,22H,6,8-9H2,1H3/t13-,14-/m1/s1. The third-order valence-corrected chi connectivity index (χ3v) is 3.99. The van der Waals surface area contributed by atoms with E-state index >= 15 is 0 Å². The number of likely N-dealkylation sites (tertiary alicyclic amines) is 1. The third-order valence-electron chi connectivity index (χ3n) is 3.99. The van der Waals surface area contributed by atoms with E-state index in [2.05, 4.69) is 4.98 Å². The maximum atomic E-state index is 12.9. The summed E-state index contributed by atoms with van der Waals surface area (Å²) in [6.07, 6.45) is -2.97. The van der Waals surface area contributed by atoms with Crippen LogP contribution in [0.4, 0.5) is 13.2 Å². The Morgan fingerprint density at radius 2 is 2.17 bits per heavy atom. The second kappa shape index (κ2) is 5.98. The van der Waals surface area contributed by atoms with Gasteiger partial charge in [0.05, 0.1) is 24.4 Å². The number of aliphatic hydroxyl groups is 1. The number of nitrogens with zero attached hydrogens (tertiary/aromatic N) is 2. The minimum Gasteiger partial charge on any atom is -0.445 e. The Kier molecular flexibility index (Phi) is 4.16. The zero-order valence-corrected chi connectivity index (χ0v) is 12.5. The van der Waals surface area contributed by atoms with Crippen molar-refractivity contribution >= 4 is 0 Å². The Morgan fingerprint density at radius 3 is 2.83 bits per heavy atom. The van der Waals surface area contributed by atoms with Gasteiger partial charge in [-0.05, 0) is 31.0 Å². The lowest BCUT2D eigenvalue weighted by Gasteiger charge is -2.23. The van der Waals surface area contributed by atoms with Gasteiger partial charge in [0.2, 0.25) is 5.89 Å². The molecule has 1 aliphatic heterocycles. The van der Waals surface area contributed by atoms with Crippen molar-refractivity contribution in [1.29, 1.82) is 0 Å². The van der Waals surface area contributed by atoms with Gasteiger partial charge in [-0.2, -0.15) is 13.2 Å². The largest absolute Gasteiger partial charge is 0.445 e. The molecule has 0 amide bonds. The van der Waals surface area contributed by atoms with E-state index in [0.29, 0.717) is 36.7 Å². The molecule has 0 bridgehead atoms. The van der Waals surface area contributed by atoms with E-state index in [1.54, 1.807) is 19.2 Å². The number of hydrogen-bond acceptors (Lipinski definition) is 4. The molecule has 23 heavy (non-hydrogen) atoms. The van der Waals surface area contributed by atoms with Crippen LogP contribution in [-0.2, 0) is 12.7 Å². The van der Waals surface area contributed by atoms with E-state index in [1.807, 2.05) is 4.90 Å². The molecule has 0 spiro atoms. The lowest BCUT2D eigenvalue weighted by Crippen LogP contribution is -2.24. The molecule has 0 radical (unpaired) electrons. The number of aliphatic hydroxyl groups excluding tert-OH is 1. The number of aromatic nitrogens is 1. The number of hydrogen-bond donors (Lipinski definition) is 1. The highest BCUT2D eigenvalue weighted by Gasteiger charge is 2.35. The van der Waals surface area contributed by atoms with Crippen molar-refractivity contribution in [1.82, 2.24) is 9.88 Å². The summed E-state index contributed by atoms with van der Waals surface area (Å²) in [5.41, 5.74) is -0.136. The number of alkyl halides is 3. The van der Waals surface area contributed by atoms with Crippen molar-refractivity contribution in [3.63, 3.8) is 0 Å². The topological polar surface area (TPSA) is 49.5 Å². The zero-order valence-electron chi connectivity index (χ0n) is 12.5. The highest BCUT2D eigenvalue weighted by atomic mass is 19.4. The van der Waals surface area contributed by atoms with Gasteiger partial charge in [0.25, 0.3) is 0 Å². The van der Waals surface area contributed by atoms with E-state index in [9.17, 15) is 18.3 Å². The smallest absolute Gasteiger partial charge is 0.416 e. The molecule has 4 nitrogen and oxygen atoms in total. The Balaban J connectivity index is 1.84. The highest BCUT2D eigenvalue weighted by Crippen LogP contribution is 2.36. The van der Waals surface area contributed by atoms with Crippen LogP contribution in [0.1, 0.15) is 35.2 Å². The lowest BCUT2D eigenvalue weighted by molar-refractivity contribution is -0.137. The van der Waals surface area contributed by atoms with Gasteiger partial charge in [0, 0.05) is 12.6 Å². The van der Waals surface area contributed by atoms with Crippen molar-refractivity contribution in [2.75, 3.05) is 6.54 Å². The van der Waals surface area contributed by atoms with Crippen LogP contribution in [-0.4, -0.2) is 27.6 Å². The van der Waals surface area contributed by atoms with Crippen LogP contribution < -0.4 is 0 Å². The number of β-amino-alcohol motifs (C(OH)–C–C–N with tert-alkyl or cyclic N) is 1. The molecule has 2 heterocycles. The lowest BCUT2D eigenvalue weighted by atomic mass is 10.0. The molecule has 1 fully saturated rings. The first-order valence-corrected chi connectivity index (χ1v) is 7.33. The monoisotopic (exact) mass is 326 g/mol. The molecule has 124 valence electrons. The van der Waals surface area contributed by atoms with Crippen molar-refractivity contribution in [3.8, 4) is 0 Å². The van der Waals surface area contributed by atoms with Crippen molar-refractivity contribution < 1.29 is 22.7 Å². The molecular weight excluding hydrogens is 309 g/mol. The van der Waals surface area contributed by atoms with Crippen molar-refractivity contribution in [3.05, 3.63) is 53.2 Å². The van der Waals surface area contributed by atoms with Gasteiger partial charge in [-0.15, -0.1) is 0 Å². The Bertz CT molecular complexity index is 684. The fourth-order valence-corrected chi connectivity index (χ4v) is 2.97. The SMILES string of the molecule is Cc1cnc(CN2C[C@H](O)C[C@@H]2c2cccc(C(F)(F)F)c2)o1. The van der Waals surface area contributed by atoms with Gasteiger partial charge in [0.15, 0.2) is 0 Å². The van der Waals surface area contributed by atoms with Gasteiger partial charge >= 0.3 is 6.18 Å². The van der Waals surface area contributed by atoms with Gasteiger partial charge in [-0.1, -0.05) is 12.1 Å². The Morgan fingerprint density at radius 1 is 1.39 bits per heavy atom. The maximum Gasteiger partial charge on any atom is 0.416 e. The van der Waals surface area contributed by atoms with Gasteiger partial charge < -0.3 is 9.52 Å². The number of rotatable bonds is 3. The van der Waals surface area contributed by atoms with E-state index in [-0.39, 0.29) is 6.04 Å². The molecule has 2 aromatic rings. The van der Waals surface area contributed by atoms with Crippen LogP contribution in [0.3, 0.4) is 0 Å². The quantitative estimate of drug-likeness (QED) is 0.940. The second-order valence-corrected chi connectivity index (χ2v) is 5.82. The molecule has 1 N–H and O–H groups in total. The predicted octanol–water partition coefficient (Wildman–Crippen LogP) is 3.31. The zero-order chi connectivity index (χ0) is 16.6. The van der Waals surface area contributed by atoms with Crippen LogP contribution >= 0.6 is 0 Å².